The Morgan fingerprint density at radius 2 is 1.89 bits per heavy atom. The molecule has 0 aromatic heterocycles. The van der Waals surface area contributed by atoms with Gasteiger partial charge in [-0.25, -0.2) is 8.42 Å². The van der Waals surface area contributed by atoms with Gasteiger partial charge in [0.15, 0.2) is 0 Å². The summed E-state index contributed by atoms with van der Waals surface area (Å²) in [5.74, 6) is -0.296. The minimum absolute atomic E-state index is 0.0348. The van der Waals surface area contributed by atoms with Gasteiger partial charge in [0, 0.05) is 5.92 Å². The molecule has 1 saturated carbocycles. The number of aryl methyl sites for hydroxylation is 2. The Morgan fingerprint density at radius 3 is 2.44 bits per heavy atom. The molecular formula is C12H16N2O3S. The molecule has 1 aromatic carbocycles. The van der Waals surface area contributed by atoms with Crippen LogP contribution in [0.25, 0.3) is 0 Å². The summed E-state index contributed by atoms with van der Waals surface area (Å²) in [6.45, 7) is 3.76. The molecule has 1 amide bonds. The molecule has 5 nitrogen and oxygen atoms in total. The summed E-state index contributed by atoms with van der Waals surface area (Å²) in [5.41, 5.74) is 4.16. The lowest BCUT2D eigenvalue weighted by Crippen LogP contribution is -2.42. The van der Waals surface area contributed by atoms with Gasteiger partial charge in [0.2, 0.25) is 5.91 Å². The van der Waals surface area contributed by atoms with E-state index in [0.29, 0.717) is 0 Å². The fraction of sp³-hybridized carbons (Fsp3) is 0.417. The monoisotopic (exact) mass is 268 g/mol. The second kappa shape index (κ2) is 4.70. The predicted molar refractivity (Wildman–Crippen MR) is 67.1 cm³/mol. The van der Waals surface area contributed by atoms with Gasteiger partial charge in [0.1, 0.15) is 0 Å². The van der Waals surface area contributed by atoms with E-state index in [-0.39, 0.29) is 16.7 Å². The molecule has 0 spiro atoms. The number of sulfonamides is 1. The van der Waals surface area contributed by atoms with Crippen LogP contribution in [0.5, 0.6) is 0 Å². The number of hydrazine groups is 1. The molecule has 0 bridgehead atoms. The van der Waals surface area contributed by atoms with Crippen LogP contribution in [0.15, 0.2) is 23.1 Å². The fourth-order valence-corrected chi connectivity index (χ4v) is 2.44. The van der Waals surface area contributed by atoms with Gasteiger partial charge in [-0.3, -0.25) is 10.2 Å². The van der Waals surface area contributed by atoms with Gasteiger partial charge >= 0.3 is 0 Å². The molecule has 0 radical (unpaired) electrons. The molecule has 6 heteroatoms. The maximum absolute atomic E-state index is 11.9. The molecule has 2 N–H and O–H groups in total. The van der Waals surface area contributed by atoms with E-state index in [4.69, 9.17) is 0 Å². The molecule has 0 unspecified atom stereocenters. The first-order valence-electron chi connectivity index (χ1n) is 5.79. The highest BCUT2D eigenvalue weighted by atomic mass is 32.2. The lowest BCUT2D eigenvalue weighted by molar-refractivity contribution is -0.122. The summed E-state index contributed by atoms with van der Waals surface area (Å²) in [7, 11) is -3.68. The average Bonchev–Trinajstić information content (AvgIpc) is 3.13. The summed E-state index contributed by atoms with van der Waals surface area (Å²) in [5, 5.41) is 0. The van der Waals surface area contributed by atoms with Crippen molar-refractivity contribution >= 4 is 15.9 Å². The van der Waals surface area contributed by atoms with Gasteiger partial charge in [0.25, 0.3) is 10.0 Å². The van der Waals surface area contributed by atoms with E-state index in [1.54, 1.807) is 12.1 Å². The largest absolute Gasteiger partial charge is 0.277 e. The standard InChI is InChI=1S/C12H16N2O3S/c1-8-3-6-11(7-9(8)2)18(16,17)14-13-12(15)10-4-5-10/h3,6-7,10,14H,4-5H2,1-2H3,(H,13,15). The third-order valence-corrected chi connectivity index (χ3v) is 4.29. The van der Waals surface area contributed by atoms with Crippen molar-refractivity contribution in [2.24, 2.45) is 5.92 Å². The number of benzene rings is 1. The van der Waals surface area contributed by atoms with Gasteiger partial charge in [-0.2, -0.15) is 0 Å². The smallest absolute Gasteiger partial charge is 0.257 e. The van der Waals surface area contributed by atoms with Crippen molar-refractivity contribution in [1.29, 1.82) is 0 Å². The summed E-state index contributed by atoms with van der Waals surface area (Å²) in [4.78, 5) is 13.6. The van der Waals surface area contributed by atoms with Gasteiger partial charge in [-0.15, -0.1) is 4.83 Å². The molecule has 98 valence electrons. The van der Waals surface area contributed by atoms with Crippen molar-refractivity contribution < 1.29 is 13.2 Å². The number of hydrogen-bond acceptors (Lipinski definition) is 3. The van der Waals surface area contributed by atoms with Crippen molar-refractivity contribution in [2.75, 3.05) is 0 Å². The second-order valence-corrected chi connectivity index (χ2v) is 6.30. The second-order valence-electron chi connectivity index (χ2n) is 4.62. The maximum atomic E-state index is 11.9. The van der Waals surface area contributed by atoms with E-state index in [0.717, 1.165) is 24.0 Å². The van der Waals surface area contributed by atoms with Crippen LogP contribution in [0.2, 0.25) is 0 Å². The van der Waals surface area contributed by atoms with Crippen molar-refractivity contribution in [3.8, 4) is 0 Å². The van der Waals surface area contributed by atoms with Crippen LogP contribution in [0.4, 0.5) is 0 Å². The summed E-state index contributed by atoms with van der Waals surface area (Å²) >= 11 is 0. The number of carbonyl (C=O) groups excluding carboxylic acids is 1. The summed E-state index contributed by atoms with van der Waals surface area (Å²) in [6.07, 6.45) is 1.66. The van der Waals surface area contributed by atoms with Crippen LogP contribution in [-0.2, 0) is 14.8 Å². The van der Waals surface area contributed by atoms with Gasteiger partial charge in [-0.05, 0) is 49.9 Å². The Labute approximate surface area is 107 Å². The van der Waals surface area contributed by atoms with Crippen LogP contribution in [0, 0.1) is 19.8 Å². The minimum Gasteiger partial charge on any atom is -0.277 e. The van der Waals surface area contributed by atoms with Crippen LogP contribution in [0.3, 0.4) is 0 Å². The molecule has 18 heavy (non-hydrogen) atoms. The highest BCUT2D eigenvalue weighted by molar-refractivity contribution is 7.89. The maximum Gasteiger partial charge on any atom is 0.257 e. The number of nitrogens with one attached hydrogen (secondary N) is 2. The molecule has 0 saturated heterocycles. The van der Waals surface area contributed by atoms with E-state index in [2.05, 4.69) is 10.3 Å². The number of hydrogen-bond donors (Lipinski definition) is 2. The van der Waals surface area contributed by atoms with Gasteiger partial charge in [-0.1, -0.05) is 6.07 Å². The number of rotatable bonds is 4. The highest BCUT2D eigenvalue weighted by Crippen LogP contribution is 2.28. The van der Waals surface area contributed by atoms with Crippen LogP contribution in [-0.4, -0.2) is 14.3 Å². The normalized spacial score (nSPS) is 15.4. The average molecular weight is 268 g/mol. The SMILES string of the molecule is Cc1ccc(S(=O)(=O)NNC(=O)C2CC2)cc1C. The third-order valence-electron chi connectivity index (χ3n) is 3.05. The van der Waals surface area contributed by atoms with Crippen molar-refractivity contribution in [2.45, 2.75) is 31.6 Å². The third kappa shape index (κ3) is 2.88. The van der Waals surface area contributed by atoms with E-state index >= 15 is 0 Å². The quantitative estimate of drug-likeness (QED) is 0.801. The molecule has 0 aliphatic heterocycles. The lowest BCUT2D eigenvalue weighted by Gasteiger charge is -2.09. The van der Waals surface area contributed by atoms with E-state index < -0.39 is 10.0 Å². The van der Waals surface area contributed by atoms with Gasteiger partial charge in [0.05, 0.1) is 4.90 Å². The number of carbonyl (C=O) groups is 1. The Morgan fingerprint density at radius 1 is 1.22 bits per heavy atom. The minimum atomic E-state index is -3.68. The molecule has 0 heterocycles. The Bertz CT molecular complexity index is 577. The Balaban J connectivity index is 2.09. The molecule has 2 rings (SSSR count). The Hall–Kier alpha value is -1.40. The molecule has 1 fully saturated rings. The first-order valence-corrected chi connectivity index (χ1v) is 7.27. The number of amides is 1. The predicted octanol–water partition coefficient (Wildman–Crippen LogP) is 1.02. The molecule has 1 aliphatic carbocycles. The van der Waals surface area contributed by atoms with Crippen LogP contribution < -0.4 is 10.3 Å². The first kappa shape index (κ1) is 13.0. The van der Waals surface area contributed by atoms with Crippen molar-refractivity contribution in [3.63, 3.8) is 0 Å². The van der Waals surface area contributed by atoms with Crippen LogP contribution in [0.1, 0.15) is 24.0 Å². The summed E-state index contributed by atoms with van der Waals surface area (Å²) in [6, 6.07) is 4.85. The zero-order valence-corrected chi connectivity index (χ0v) is 11.2. The summed E-state index contributed by atoms with van der Waals surface area (Å²) < 4.78 is 23.8. The van der Waals surface area contributed by atoms with E-state index in [1.807, 2.05) is 13.8 Å². The van der Waals surface area contributed by atoms with Crippen molar-refractivity contribution in [1.82, 2.24) is 10.3 Å². The van der Waals surface area contributed by atoms with Crippen molar-refractivity contribution in [3.05, 3.63) is 29.3 Å². The van der Waals surface area contributed by atoms with Crippen LogP contribution >= 0.6 is 0 Å². The molecule has 0 atom stereocenters. The van der Waals surface area contributed by atoms with Gasteiger partial charge < -0.3 is 0 Å². The fourth-order valence-electron chi connectivity index (χ4n) is 1.51. The molecule has 1 aromatic rings. The molecule has 1 aliphatic rings. The first-order chi connectivity index (χ1) is 8.40. The Kier molecular flexibility index (Phi) is 3.41. The van der Waals surface area contributed by atoms with E-state index in [9.17, 15) is 13.2 Å². The molecular weight excluding hydrogens is 252 g/mol. The highest BCUT2D eigenvalue weighted by Gasteiger charge is 2.30. The zero-order valence-electron chi connectivity index (χ0n) is 10.4. The van der Waals surface area contributed by atoms with E-state index in [1.165, 1.54) is 6.07 Å². The topological polar surface area (TPSA) is 75.3 Å². The lowest BCUT2D eigenvalue weighted by atomic mass is 10.1. The zero-order chi connectivity index (χ0) is 13.3.